The number of hydrogen-bond acceptors (Lipinski definition) is 2. The average molecular weight is 257 g/mol. The highest BCUT2D eigenvalue weighted by Crippen LogP contribution is 2.24. The molecule has 2 atom stereocenters. The molecule has 0 amide bonds. The second-order valence-electron chi connectivity index (χ2n) is 4.80. The van der Waals surface area contributed by atoms with E-state index in [2.05, 4.69) is 24.2 Å². The zero-order valence-corrected chi connectivity index (χ0v) is 11.0. The van der Waals surface area contributed by atoms with Gasteiger partial charge >= 0.3 is 0 Å². The van der Waals surface area contributed by atoms with Gasteiger partial charge in [0.05, 0.1) is 0 Å². The van der Waals surface area contributed by atoms with Gasteiger partial charge in [0.25, 0.3) is 0 Å². The summed E-state index contributed by atoms with van der Waals surface area (Å²) in [5, 5.41) is 4.03. The lowest BCUT2D eigenvalue weighted by Gasteiger charge is -2.20. The van der Waals surface area contributed by atoms with Crippen molar-refractivity contribution >= 4 is 11.6 Å². The van der Waals surface area contributed by atoms with Gasteiger partial charge in [0.2, 0.25) is 0 Å². The molecule has 94 valence electrons. The molecule has 1 aliphatic heterocycles. The number of benzene rings is 1. The third-order valence-corrected chi connectivity index (χ3v) is 3.63. The van der Waals surface area contributed by atoms with Crippen molar-refractivity contribution in [3.8, 4) is 0 Å². The highest BCUT2D eigenvalue weighted by molar-refractivity contribution is 6.31. The van der Waals surface area contributed by atoms with Crippen LogP contribution in [-0.4, -0.2) is 31.1 Å². The maximum atomic E-state index is 13.0. The predicted molar refractivity (Wildman–Crippen MR) is 68.9 cm³/mol. The van der Waals surface area contributed by atoms with Crippen molar-refractivity contribution in [1.82, 2.24) is 10.2 Å². The molecule has 0 aromatic heterocycles. The van der Waals surface area contributed by atoms with Crippen LogP contribution in [0.5, 0.6) is 0 Å². The Bertz CT molecular complexity index is 397. The first kappa shape index (κ1) is 12.8. The predicted octanol–water partition coefficient (Wildman–Crippen LogP) is 2.83. The molecule has 1 N–H and O–H groups in total. The van der Waals surface area contributed by atoms with E-state index in [1.807, 2.05) is 0 Å². The van der Waals surface area contributed by atoms with Crippen molar-refractivity contribution in [2.75, 3.05) is 20.1 Å². The fourth-order valence-corrected chi connectivity index (χ4v) is 2.70. The average Bonchev–Trinajstić information content (AvgIpc) is 2.63. The highest BCUT2D eigenvalue weighted by Gasteiger charge is 2.21. The van der Waals surface area contributed by atoms with E-state index in [0.29, 0.717) is 11.1 Å². The first-order valence-electron chi connectivity index (χ1n) is 5.96. The summed E-state index contributed by atoms with van der Waals surface area (Å²) in [6, 6.07) is 5.24. The van der Waals surface area contributed by atoms with Gasteiger partial charge in [0.15, 0.2) is 0 Å². The topological polar surface area (TPSA) is 15.3 Å². The second kappa shape index (κ2) is 5.34. The molecule has 0 radical (unpaired) electrons. The first-order chi connectivity index (χ1) is 8.06. The summed E-state index contributed by atoms with van der Waals surface area (Å²) >= 11 is 6.05. The fraction of sp³-hybridized carbons (Fsp3) is 0.538. The minimum Gasteiger partial charge on any atom is -0.306 e. The quantitative estimate of drug-likeness (QED) is 0.895. The molecule has 2 unspecified atom stereocenters. The van der Waals surface area contributed by atoms with Gasteiger partial charge in [-0.15, -0.1) is 0 Å². The number of nitrogens with one attached hydrogen (secondary N) is 1. The lowest BCUT2D eigenvalue weighted by molar-refractivity contribution is 0.387. The lowest BCUT2D eigenvalue weighted by atomic mass is 10.1. The molecule has 1 aromatic rings. The van der Waals surface area contributed by atoms with Crippen LogP contribution in [-0.2, 0) is 0 Å². The number of likely N-dealkylation sites (N-methyl/N-ethyl adjacent to an activating group) is 1. The molecule has 1 heterocycles. The summed E-state index contributed by atoms with van der Waals surface area (Å²) < 4.78 is 13.0. The molecular formula is C13H18ClFN2. The Morgan fingerprint density at radius 1 is 1.53 bits per heavy atom. The molecule has 1 aliphatic rings. The Hall–Kier alpha value is -0.640. The van der Waals surface area contributed by atoms with E-state index >= 15 is 0 Å². The van der Waals surface area contributed by atoms with E-state index in [1.165, 1.54) is 12.1 Å². The summed E-state index contributed by atoms with van der Waals surface area (Å²) in [4.78, 5) is 2.30. The van der Waals surface area contributed by atoms with Gasteiger partial charge in [-0.1, -0.05) is 17.7 Å². The van der Waals surface area contributed by atoms with E-state index in [4.69, 9.17) is 11.6 Å². The largest absolute Gasteiger partial charge is 0.306 e. The summed E-state index contributed by atoms with van der Waals surface area (Å²) in [5.74, 6) is -0.286. The molecule has 4 heteroatoms. The Morgan fingerprint density at radius 2 is 2.29 bits per heavy atom. The van der Waals surface area contributed by atoms with Gasteiger partial charge in [0, 0.05) is 23.7 Å². The minimum atomic E-state index is -0.286. The van der Waals surface area contributed by atoms with Crippen LogP contribution in [0.2, 0.25) is 5.02 Å². The normalized spacial score (nSPS) is 22.9. The van der Waals surface area contributed by atoms with Crippen LogP contribution < -0.4 is 5.32 Å². The number of hydrogen-bond donors (Lipinski definition) is 1. The van der Waals surface area contributed by atoms with Crippen molar-refractivity contribution in [2.45, 2.75) is 25.4 Å². The number of likely N-dealkylation sites (tertiary alicyclic amines) is 1. The van der Waals surface area contributed by atoms with Gasteiger partial charge in [0.1, 0.15) is 5.82 Å². The molecule has 1 fully saturated rings. The highest BCUT2D eigenvalue weighted by atomic mass is 35.5. The van der Waals surface area contributed by atoms with Gasteiger partial charge in [-0.05, 0) is 44.6 Å². The first-order valence-corrected chi connectivity index (χ1v) is 6.33. The summed E-state index contributed by atoms with van der Waals surface area (Å²) in [6.07, 6.45) is 1.15. The minimum absolute atomic E-state index is 0.152. The standard InChI is InChI=1S/C13H18ClFN2/c1-9(16-11-5-6-17(2)8-11)12-4-3-10(15)7-13(12)14/h3-4,7,9,11,16H,5-6,8H2,1-2H3. The number of nitrogens with zero attached hydrogens (tertiary/aromatic N) is 1. The van der Waals surface area contributed by atoms with Crippen molar-refractivity contribution < 1.29 is 4.39 Å². The molecular weight excluding hydrogens is 239 g/mol. The smallest absolute Gasteiger partial charge is 0.124 e. The Balaban J connectivity index is 2.01. The van der Waals surface area contributed by atoms with Crippen molar-refractivity contribution in [2.24, 2.45) is 0 Å². The van der Waals surface area contributed by atoms with Gasteiger partial charge in [-0.25, -0.2) is 4.39 Å². The second-order valence-corrected chi connectivity index (χ2v) is 5.21. The molecule has 2 rings (SSSR count). The monoisotopic (exact) mass is 256 g/mol. The number of rotatable bonds is 3. The SMILES string of the molecule is CC(NC1CCN(C)C1)c1ccc(F)cc1Cl. The maximum Gasteiger partial charge on any atom is 0.124 e. The van der Waals surface area contributed by atoms with Crippen LogP contribution in [0.1, 0.15) is 24.9 Å². The Kier molecular flexibility index (Phi) is 4.02. The molecule has 0 bridgehead atoms. The fourth-order valence-electron chi connectivity index (χ4n) is 2.37. The molecule has 1 aromatic carbocycles. The lowest BCUT2D eigenvalue weighted by Crippen LogP contribution is -2.33. The number of halogens is 2. The van der Waals surface area contributed by atoms with Crippen molar-refractivity contribution in [3.63, 3.8) is 0 Å². The van der Waals surface area contributed by atoms with Crippen LogP contribution in [0.15, 0.2) is 18.2 Å². The Morgan fingerprint density at radius 3 is 2.88 bits per heavy atom. The van der Waals surface area contributed by atoms with Crippen molar-refractivity contribution in [1.29, 1.82) is 0 Å². The maximum absolute atomic E-state index is 13.0. The van der Waals surface area contributed by atoms with Gasteiger partial charge < -0.3 is 10.2 Å². The van der Waals surface area contributed by atoms with Crippen LogP contribution in [0.25, 0.3) is 0 Å². The third-order valence-electron chi connectivity index (χ3n) is 3.31. The van der Waals surface area contributed by atoms with E-state index < -0.39 is 0 Å². The molecule has 0 aliphatic carbocycles. The van der Waals surface area contributed by atoms with Crippen LogP contribution in [0, 0.1) is 5.82 Å². The summed E-state index contributed by atoms with van der Waals surface area (Å²) in [5.41, 5.74) is 0.961. The van der Waals surface area contributed by atoms with E-state index in [-0.39, 0.29) is 11.9 Å². The van der Waals surface area contributed by atoms with Crippen molar-refractivity contribution in [3.05, 3.63) is 34.6 Å². The van der Waals surface area contributed by atoms with Crippen LogP contribution in [0.4, 0.5) is 4.39 Å². The molecule has 17 heavy (non-hydrogen) atoms. The third kappa shape index (κ3) is 3.18. The zero-order valence-electron chi connectivity index (χ0n) is 10.2. The zero-order chi connectivity index (χ0) is 12.4. The summed E-state index contributed by atoms with van der Waals surface area (Å²) in [7, 11) is 2.12. The molecule has 0 spiro atoms. The van der Waals surface area contributed by atoms with E-state index in [9.17, 15) is 4.39 Å². The molecule has 0 saturated carbocycles. The van der Waals surface area contributed by atoms with Gasteiger partial charge in [-0.2, -0.15) is 0 Å². The van der Waals surface area contributed by atoms with E-state index in [0.717, 1.165) is 25.1 Å². The molecule has 1 saturated heterocycles. The van der Waals surface area contributed by atoms with Crippen LogP contribution in [0.3, 0.4) is 0 Å². The summed E-state index contributed by atoms with van der Waals surface area (Å²) in [6.45, 7) is 4.25. The molecule has 2 nitrogen and oxygen atoms in total. The Labute approximate surface area is 107 Å². The van der Waals surface area contributed by atoms with Gasteiger partial charge in [-0.3, -0.25) is 0 Å². The van der Waals surface area contributed by atoms with E-state index in [1.54, 1.807) is 6.07 Å². The van der Waals surface area contributed by atoms with Crippen LogP contribution >= 0.6 is 11.6 Å².